The van der Waals surface area contributed by atoms with Crippen LogP contribution in [0.25, 0.3) is 22.2 Å². The third kappa shape index (κ3) is 5.03. The van der Waals surface area contributed by atoms with E-state index in [0.29, 0.717) is 36.4 Å². The van der Waals surface area contributed by atoms with Crippen LogP contribution in [-0.4, -0.2) is 87.5 Å². The van der Waals surface area contributed by atoms with Crippen molar-refractivity contribution in [1.29, 1.82) is 0 Å². The Bertz CT molecular complexity index is 1780. The molecule has 1 aliphatic carbocycles. The van der Waals surface area contributed by atoms with Gasteiger partial charge in [0.05, 0.1) is 24.5 Å². The Morgan fingerprint density at radius 2 is 1.76 bits per heavy atom. The van der Waals surface area contributed by atoms with E-state index in [1.165, 1.54) is 23.7 Å². The second-order valence-corrected chi connectivity index (χ2v) is 14.7. The second kappa shape index (κ2) is 10.9. The largest absolute Gasteiger partial charge is 0.494 e. The SMILES string of the molecule is COc1cc(N2CC3CN(C4CN(C(=O)O)C4C(C)(C)C)CC3C2)ccc1Nc1nccc(-c2cn(C3CC3)c3ccccc23)n1. The number of benzene rings is 2. The average molecular weight is 622 g/mol. The molecule has 1 saturated carbocycles. The molecule has 46 heavy (non-hydrogen) atoms. The van der Waals surface area contributed by atoms with Crippen LogP contribution in [0.1, 0.15) is 39.7 Å². The summed E-state index contributed by atoms with van der Waals surface area (Å²) in [5, 5.41) is 14.3. The minimum Gasteiger partial charge on any atom is -0.494 e. The fourth-order valence-corrected chi connectivity index (χ4v) is 8.29. The zero-order valence-electron chi connectivity index (χ0n) is 27.1. The van der Waals surface area contributed by atoms with Gasteiger partial charge in [-0.05, 0) is 54.4 Å². The van der Waals surface area contributed by atoms with Crippen LogP contribution in [0.15, 0.2) is 60.9 Å². The second-order valence-electron chi connectivity index (χ2n) is 14.7. The number of carbonyl (C=O) groups is 1. The quantitative estimate of drug-likeness (QED) is 0.247. The maximum atomic E-state index is 11.8. The standard InChI is InChI=1S/C36H43N7O3/c1-36(2,3)33-31(21-43(33)35(44)45)41-18-22-16-40(17-23(22)19-41)25-11-12-29(32(15-25)46-4)39-34-37-14-13-28(38-34)27-20-42(24-9-10-24)30-8-6-5-7-26(27)30/h5-8,11-15,20,22-24,31,33H,9-10,16-19,21H2,1-4H3,(H,44,45)(H,37,38,39). The molecule has 10 nitrogen and oxygen atoms in total. The van der Waals surface area contributed by atoms with E-state index >= 15 is 0 Å². The summed E-state index contributed by atoms with van der Waals surface area (Å²) in [7, 11) is 1.70. The number of methoxy groups -OCH3 is 1. The first-order valence-corrected chi connectivity index (χ1v) is 16.5. The molecular formula is C36H43N7O3. The normalized spacial score (nSPS) is 24.7. The van der Waals surface area contributed by atoms with Gasteiger partial charge in [0.15, 0.2) is 0 Å². The number of aromatic nitrogens is 3. The summed E-state index contributed by atoms with van der Waals surface area (Å²) in [5.41, 5.74) is 5.17. The highest BCUT2D eigenvalue weighted by molar-refractivity contribution is 5.95. The molecule has 3 saturated heterocycles. The lowest BCUT2D eigenvalue weighted by atomic mass is 9.75. The molecule has 4 fully saturated rings. The van der Waals surface area contributed by atoms with Crippen LogP contribution in [0.2, 0.25) is 0 Å². The van der Waals surface area contributed by atoms with Crippen LogP contribution in [-0.2, 0) is 0 Å². The van der Waals surface area contributed by atoms with Gasteiger partial charge >= 0.3 is 6.09 Å². The molecule has 4 aromatic rings. The minimum atomic E-state index is -0.801. The van der Waals surface area contributed by atoms with Crippen molar-refractivity contribution in [3.63, 3.8) is 0 Å². The number of rotatable bonds is 7. The number of carboxylic acid groups (broad SMARTS) is 1. The topological polar surface area (TPSA) is 99.0 Å². The fourth-order valence-electron chi connectivity index (χ4n) is 8.29. The Balaban J connectivity index is 0.956. The smallest absolute Gasteiger partial charge is 0.407 e. The number of hydrogen-bond acceptors (Lipinski definition) is 7. The highest BCUT2D eigenvalue weighted by Gasteiger charge is 2.54. The van der Waals surface area contributed by atoms with Gasteiger partial charge in [-0.3, -0.25) is 4.90 Å². The van der Waals surface area contributed by atoms with Gasteiger partial charge in [0.1, 0.15) is 5.75 Å². The maximum Gasteiger partial charge on any atom is 0.407 e. The van der Waals surface area contributed by atoms with E-state index in [-0.39, 0.29) is 11.5 Å². The molecule has 3 aliphatic heterocycles. The number of nitrogens with zero attached hydrogens (tertiary/aromatic N) is 6. The van der Waals surface area contributed by atoms with Gasteiger partial charge in [-0.25, -0.2) is 14.8 Å². The van der Waals surface area contributed by atoms with Crippen molar-refractivity contribution in [3.05, 3.63) is 60.9 Å². The first-order valence-electron chi connectivity index (χ1n) is 16.5. The molecule has 2 N–H and O–H groups in total. The number of amides is 1. The highest BCUT2D eigenvalue weighted by atomic mass is 16.5. The molecule has 4 atom stereocenters. The predicted octanol–water partition coefficient (Wildman–Crippen LogP) is 6.33. The van der Waals surface area contributed by atoms with Crippen LogP contribution in [0.3, 0.4) is 0 Å². The first kappa shape index (κ1) is 29.1. The van der Waals surface area contributed by atoms with E-state index in [0.717, 1.165) is 54.6 Å². The van der Waals surface area contributed by atoms with E-state index in [4.69, 9.17) is 9.72 Å². The molecule has 8 rings (SSSR count). The summed E-state index contributed by atoms with van der Waals surface area (Å²) in [6.07, 6.45) is 5.72. The van der Waals surface area contributed by atoms with Gasteiger partial charge < -0.3 is 29.5 Å². The van der Waals surface area contributed by atoms with Crippen molar-refractivity contribution >= 4 is 34.3 Å². The summed E-state index contributed by atoms with van der Waals surface area (Å²) in [6, 6.07) is 17.8. The average Bonchev–Trinajstić information content (AvgIpc) is 3.49. The predicted molar refractivity (Wildman–Crippen MR) is 180 cm³/mol. The van der Waals surface area contributed by atoms with Crippen molar-refractivity contribution in [1.82, 2.24) is 24.3 Å². The lowest BCUT2D eigenvalue weighted by molar-refractivity contribution is -0.0585. The van der Waals surface area contributed by atoms with Crippen molar-refractivity contribution in [2.45, 2.75) is 51.7 Å². The Morgan fingerprint density at radius 1 is 1.00 bits per heavy atom. The van der Waals surface area contributed by atoms with E-state index in [2.05, 4.69) is 94.1 Å². The summed E-state index contributed by atoms with van der Waals surface area (Å²) in [6.45, 7) is 11.1. The number of ether oxygens (including phenoxy) is 1. The molecular weight excluding hydrogens is 578 g/mol. The van der Waals surface area contributed by atoms with Crippen molar-refractivity contribution in [2.75, 3.05) is 50.1 Å². The third-order valence-electron chi connectivity index (χ3n) is 10.6. The van der Waals surface area contributed by atoms with Crippen LogP contribution in [0.5, 0.6) is 5.75 Å². The van der Waals surface area contributed by atoms with Gasteiger partial charge in [-0.1, -0.05) is 39.0 Å². The number of para-hydroxylation sites is 1. The summed E-state index contributed by atoms with van der Waals surface area (Å²) in [4.78, 5) is 27.9. The number of anilines is 3. The summed E-state index contributed by atoms with van der Waals surface area (Å²) < 4.78 is 8.25. The molecule has 5 heterocycles. The Labute approximate surface area is 270 Å². The van der Waals surface area contributed by atoms with Crippen LogP contribution < -0.4 is 15.0 Å². The monoisotopic (exact) mass is 621 g/mol. The lowest BCUT2D eigenvalue weighted by Gasteiger charge is -2.56. The van der Waals surface area contributed by atoms with Gasteiger partial charge in [0, 0.05) is 85.4 Å². The van der Waals surface area contributed by atoms with Gasteiger partial charge in [-0.15, -0.1) is 0 Å². The van der Waals surface area contributed by atoms with E-state index < -0.39 is 6.09 Å². The summed E-state index contributed by atoms with van der Waals surface area (Å²) in [5.74, 6) is 2.44. The molecule has 10 heteroatoms. The molecule has 0 spiro atoms. The van der Waals surface area contributed by atoms with Crippen molar-refractivity contribution in [3.8, 4) is 17.0 Å². The number of fused-ring (bicyclic) bond motifs is 2. The maximum absolute atomic E-state index is 11.8. The third-order valence-corrected chi connectivity index (χ3v) is 10.6. The highest BCUT2D eigenvalue weighted by Crippen LogP contribution is 2.44. The molecule has 0 bridgehead atoms. The lowest BCUT2D eigenvalue weighted by Crippen LogP contribution is -2.71. The summed E-state index contributed by atoms with van der Waals surface area (Å²) >= 11 is 0. The molecule has 2 aromatic carbocycles. The van der Waals surface area contributed by atoms with E-state index in [1.54, 1.807) is 12.0 Å². The van der Waals surface area contributed by atoms with Gasteiger partial charge in [-0.2, -0.15) is 0 Å². The Kier molecular flexibility index (Phi) is 6.90. The molecule has 1 amide bonds. The van der Waals surface area contributed by atoms with Crippen LogP contribution in [0.4, 0.5) is 22.1 Å². The number of hydrogen-bond donors (Lipinski definition) is 2. The van der Waals surface area contributed by atoms with Gasteiger partial charge in [0.2, 0.25) is 5.95 Å². The molecule has 4 unspecified atom stereocenters. The van der Waals surface area contributed by atoms with Crippen molar-refractivity contribution < 1.29 is 14.6 Å². The van der Waals surface area contributed by atoms with E-state index in [9.17, 15) is 9.90 Å². The minimum absolute atomic E-state index is 0.0389. The zero-order valence-corrected chi connectivity index (χ0v) is 27.1. The Morgan fingerprint density at radius 3 is 2.46 bits per heavy atom. The number of likely N-dealkylation sites (tertiary alicyclic amines) is 2. The van der Waals surface area contributed by atoms with Gasteiger partial charge in [0.25, 0.3) is 0 Å². The van der Waals surface area contributed by atoms with Crippen LogP contribution >= 0.6 is 0 Å². The Hall–Kier alpha value is -4.31. The molecule has 2 aromatic heterocycles. The molecule has 240 valence electrons. The van der Waals surface area contributed by atoms with Crippen molar-refractivity contribution in [2.24, 2.45) is 17.3 Å². The zero-order chi connectivity index (χ0) is 31.7. The molecule has 4 aliphatic rings. The molecule has 0 radical (unpaired) electrons. The first-order chi connectivity index (χ1) is 22.2. The van der Waals surface area contributed by atoms with Crippen LogP contribution in [0, 0.1) is 17.3 Å². The number of nitrogens with one attached hydrogen (secondary N) is 1. The fraction of sp³-hybridized carbons (Fsp3) is 0.472. The van der Waals surface area contributed by atoms with E-state index in [1.807, 2.05) is 12.3 Å².